The van der Waals surface area contributed by atoms with E-state index in [1.54, 1.807) is 18.2 Å². The van der Waals surface area contributed by atoms with Crippen LogP contribution in [0, 0.1) is 0 Å². The van der Waals surface area contributed by atoms with Crippen LogP contribution in [0.1, 0.15) is 5.56 Å². The van der Waals surface area contributed by atoms with Crippen LogP contribution in [0.5, 0.6) is 0 Å². The summed E-state index contributed by atoms with van der Waals surface area (Å²) in [5.41, 5.74) is 3.91. The zero-order valence-corrected chi connectivity index (χ0v) is 12.3. The lowest BCUT2D eigenvalue weighted by Gasteiger charge is -2.23. The summed E-state index contributed by atoms with van der Waals surface area (Å²) >= 11 is 0. The lowest BCUT2D eigenvalue weighted by molar-refractivity contribution is -0.136. The zero-order valence-electron chi connectivity index (χ0n) is 11.5. The van der Waals surface area contributed by atoms with Gasteiger partial charge in [-0.2, -0.15) is 13.2 Å². The fraction of sp³-hybridized carbons (Fsp3) is 0.143. The van der Waals surface area contributed by atoms with Crippen molar-refractivity contribution in [2.24, 2.45) is 0 Å². The summed E-state index contributed by atoms with van der Waals surface area (Å²) in [6.45, 7) is 0. The molecule has 118 valence electrons. The van der Waals surface area contributed by atoms with Gasteiger partial charge in [0.1, 0.15) is 0 Å². The highest BCUT2D eigenvalue weighted by molar-refractivity contribution is 7.92. The smallest absolute Gasteiger partial charge is 0.398 e. The standard InChI is InChI=1S/C14H13F3N2O2S/c1-22(20,21)19(10-5-3-2-4-6-10)11-7-8-13(18)12(9-11)14(15,16)17/h2-9H,18H2,1H3. The monoisotopic (exact) mass is 330 g/mol. The van der Waals surface area contributed by atoms with Crippen LogP contribution < -0.4 is 10.0 Å². The van der Waals surface area contributed by atoms with Gasteiger partial charge in [-0.15, -0.1) is 0 Å². The maximum absolute atomic E-state index is 12.9. The van der Waals surface area contributed by atoms with Gasteiger partial charge >= 0.3 is 6.18 Å². The molecule has 0 aromatic heterocycles. The van der Waals surface area contributed by atoms with Gasteiger partial charge in [0, 0.05) is 5.69 Å². The first-order valence-electron chi connectivity index (χ1n) is 6.13. The maximum atomic E-state index is 12.9. The van der Waals surface area contributed by atoms with Crippen molar-refractivity contribution in [3.8, 4) is 0 Å². The van der Waals surface area contributed by atoms with E-state index in [1.165, 1.54) is 18.2 Å². The van der Waals surface area contributed by atoms with Crippen molar-refractivity contribution >= 4 is 27.1 Å². The first-order valence-corrected chi connectivity index (χ1v) is 7.97. The largest absolute Gasteiger partial charge is 0.418 e. The van der Waals surface area contributed by atoms with E-state index >= 15 is 0 Å². The number of rotatable bonds is 3. The molecule has 0 amide bonds. The highest BCUT2D eigenvalue weighted by Crippen LogP contribution is 2.38. The number of nitrogens with two attached hydrogens (primary N) is 1. The molecule has 0 saturated heterocycles. The highest BCUT2D eigenvalue weighted by atomic mass is 32.2. The third kappa shape index (κ3) is 3.33. The molecule has 2 aromatic carbocycles. The Bertz CT molecular complexity index is 774. The van der Waals surface area contributed by atoms with Crippen LogP contribution >= 0.6 is 0 Å². The SMILES string of the molecule is CS(=O)(=O)N(c1ccccc1)c1ccc(N)c(C(F)(F)F)c1. The molecule has 0 aliphatic rings. The van der Waals surface area contributed by atoms with Crippen molar-refractivity contribution in [1.82, 2.24) is 0 Å². The van der Waals surface area contributed by atoms with Gasteiger partial charge in [0.2, 0.25) is 10.0 Å². The normalized spacial score (nSPS) is 12.2. The predicted molar refractivity (Wildman–Crippen MR) is 79.3 cm³/mol. The number of halogens is 3. The van der Waals surface area contributed by atoms with Crippen LogP contribution in [-0.2, 0) is 16.2 Å². The Kier molecular flexibility index (Phi) is 4.06. The maximum Gasteiger partial charge on any atom is 0.418 e. The van der Waals surface area contributed by atoms with E-state index in [-0.39, 0.29) is 11.4 Å². The lowest BCUT2D eigenvalue weighted by atomic mass is 10.1. The number of alkyl halides is 3. The average Bonchev–Trinajstić information content (AvgIpc) is 2.39. The summed E-state index contributed by atoms with van der Waals surface area (Å²) in [7, 11) is -3.82. The second kappa shape index (κ2) is 5.53. The summed E-state index contributed by atoms with van der Waals surface area (Å²) in [4.78, 5) is 0. The Labute approximate surface area is 126 Å². The van der Waals surface area contributed by atoms with Gasteiger partial charge in [-0.25, -0.2) is 12.7 Å². The van der Waals surface area contributed by atoms with E-state index in [1.807, 2.05) is 0 Å². The molecule has 0 atom stereocenters. The zero-order chi connectivity index (χ0) is 16.5. The van der Waals surface area contributed by atoms with Crippen molar-refractivity contribution in [2.75, 3.05) is 16.3 Å². The third-order valence-electron chi connectivity index (χ3n) is 2.90. The van der Waals surface area contributed by atoms with E-state index in [2.05, 4.69) is 0 Å². The molecule has 0 saturated carbocycles. The molecular formula is C14H13F3N2O2S. The van der Waals surface area contributed by atoms with Crippen LogP contribution in [0.3, 0.4) is 0 Å². The van der Waals surface area contributed by atoms with E-state index in [0.717, 1.165) is 22.7 Å². The summed E-state index contributed by atoms with van der Waals surface area (Å²) < 4.78 is 63.6. The molecule has 22 heavy (non-hydrogen) atoms. The molecular weight excluding hydrogens is 317 g/mol. The van der Waals surface area contributed by atoms with Gasteiger partial charge < -0.3 is 5.73 Å². The number of hydrogen-bond acceptors (Lipinski definition) is 3. The summed E-state index contributed by atoms with van der Waals surface area (Å²) in [6, 6.07) is 10.8. The molecule has 0 aliphatic heterocycles. The third-order valence-corrected chi connectivity index (χ3v) is 3.98. The fourth-order valence-corrected chi connectivity index (χ4v) is 3.01. The number of benzene rings is 2. The molecule has 2 N–H and O–H groups in total. The number of nitrogens with zero attached hydrogens (tertiary/aromatic N) is 1. The summed E-state index contributed by atoms with van der Waals surface area (Å²) in [6.07, 6.45) is -3.75. The van der Waals surface area contributed by atoms with Crippen molar-refractivity contribution in [3.63, 3.8) is 0 Å². The molecule has 0 fully saturated rings. The first kappa shape index (κ1) is 16.2. The second-order valence-electron chi connectivity index (χ2n) is 4.63. The molecule has 0 bridgehead atoms. The quantitative estimate of drug-likeness (QED) is 0.878. The highest BCUT2D eigenvalue weighted by Gasteiger charge is 2.34. The van der Waals surface area contributed by atoms with Crippen molar-refractivity contribution in [3.05, 3.63) is 54.1 Å². The van der Waals surface area contributed by atoms with Crippen molar-refractivity contribution < 1.29 is 21.6 Å². The van der Waals surface area contributed by atoms with Gasteiger partial charge in [0.15, 0.2) is 0 Å². The predicted octanol–water partition coefficient (Wildman–Crippen LogP) is 3.39. The van der Waals surface area contributed by atoms with Crippen LogP contribution in [0.15, 0.2) is 48.5 Å². The lowest BCUT2D eigenvalue weighted by Crippen LogP contribution is -2.25. The molecule has 4 nitrogen and oxygen atoms in total. The molecule has 8 heteroatoms. The van der Waals surface area contributed by atoms with Crippen molar-refractivity contribution in [2.45, 2.75) is 6.18 Å². The van der Waals surface area contributed by atoms with Gasteiger partial charge in [-0.1, -0.05) is 18.2 Å². The van der Waals surface area contributed by atoms with Gasteiger partial charge in [0.05, 0.1) is 23.2 Å². The number of sulfonamides is 1. The van der Waals surface area contributed by atoms with Gasteiger partial charge in [-0.3, -0.25) is 0 Å². The van der Waals surface area contributed by atoms with E-state index in [0.29, 0.717) is 0 Å². The molecule has 0 unspecified atom stereocenters. The Morgan fingerprint density at radius 3 is 2.09 bits per heavy atom. The van der Waals surface area contributed by atoms with Crippen LogP contribution in [-0.4, -0.2) is 14.7 Å². The summed E-state index contributed by atoms with van der Waals surface area (Å²) in [5.74, 6) is 0. The average molecular weight is 330 g/mol. The minimum Gasteiger partial charge on any atom is -0.398 e. The van der Waals surface area contributed by atoms with Crippen LogP contribution in [0.25, 0.3) is 0 Å². The van der Waals surface area contributed by atoms with Gasteiger partial charge in [0.25, 0.3) is 0 Å². The Morgan fingerprint density at radius 2 is 1.59 bits per heavy atom. The number of hydrogen-bond donors (Lipinski definition) is 1. The molecule has 2 aromatic rings. The van der Waals surface area contributed by atoms with Crippen molar-refractivity contribution in [1.29, 1.82) is 0 Å². The Balaban J connectivity index is 2.65. The molecule has 0 heterocycles. The number of para-hydroxylation sites is 1. The fourth-order valence-electron chi connectivity index (χ4n) is 2.01. The second-order valence-corrected chi connectivity index (χ2v) is 6.46. The summed E-state index contributed by atoms with van der Waals surface area (Å²) in [5, 5.41) is 0. The Hall–Kier alpha value is -2.22. The molecule has 0 spiro atoms. The van der Waals surface area contributed by atoms with Gasteiger partial charge in [-0.05, 0) is 30.3 Å². The number of nitrogen functional groups attached to an aromatic ring is 1. The van der Waals surface area contributed by atoms with E-state index in [9.17, 15) is 21.6 Å². The molecule has 0 aliphatic carbocycles. The topological polar surface area (TPSA) is 63.4 Å². The first-order chi connectivity index (χ1) is 10.1. The number of anilines is 3. The van der Waals surface area contributed by atoms with E-state index in [4.69, 9.17) is 5.73 Å². The van der Waals surface area contributed by atoms with E-state index < -0.39 is 27.5 Å². The minimum absolute atomic E-state index is 0.129. The van der Waals surface area contributed by atoms with Crippen LogP contribution in [0.4, 0.5) is 30.2 Å². The molecule has 0 radical (unpaired) electrons. The van der Waals surface area contributed by atoms with Crippen LogP contribution in [0.2, 0.25) is 0 Å². The minimum atomic E-state index is -4.67. The Morgan fingerprint density at radius 1 is 1.00 bits per heavy atom. The molecule has 2 rings (SSSR count).